The van der Waals surface area contributed by atoms with Gasteiger partial charge in [0.25, 0.3) is 0 Å². The van der Waals surface area contributed by atoms with E-state index < -0.39 is 24.6 Å². The first-order valence-corrected chi connectivity index (χ1v) is 13.8. The number of carboxylic acid groups (broad SMARTS) is 2. The molecule has 1 fully saturated rings. The zero-order valence-corrected chi connectivity index (χ0v) is 23.4. The van der Waals surface area contributed by atoms with E-state index in [1.54, 1.807) is 25.3 Å². The molecule has 0 saturated carbocycles. The average Bonchev–Trinajstić information content (AvgIpc) is 3.27. The number of thiophene rings is 1. The van der Waals surface area contributed by atoms with E-state index in [-0.39, 0.29) is 22.5 Å². The van der Waals surface area contributed by atoms with Gasteiger partial charge in [0.15, 0.2) is 17.2 Å². The summed E-state index contributed by atoms with van der Waals surface area (Å²) in [6.45, 7) is 0.948. The van der Waals surface area contributed by atoms with Crippen LogP contribution in [0.5, 0.6) is 11.5 Å². The van der Waals surface area contributed by atoms with Gasteiger partial charge in [0.2, 0.25) is 5.91 Å². The number of halogens is 1. The Bertz CT molecular complexity index is 1360. The molecule has 1 atom stereocenters. The minimum atomic E-state index is -1.22. The van der Waals surface area contributed by atoms with Crippen LogP contribution in [0, 0.1) is 5.92 Å². The molecule has 1 unspecified atom stereocenters. The zero-order chi connectivity index (χ0) is 27.9. The lowest BCUT2D eigenvalue weighted by Gasteiger charge is -2.31. The molecule has 1 amide bonds. The molecule has 0 spiro atoms. The van der Waals surface area contributed by atoms with Crippen molar-refractivity contribution in [3.05, 3.63) is 57.9 Å². The highest BCUT2D eigenvalue weighted by molar-refractivity contribution is 9.10. The predicted octanol–water partition coefficient (Wildman–Crippen LogP) is 4.77. The fourth-order valence-electron chi connectivity index (χ4n) is 4.45. The van der Waals surface area contributed by atoms with Crippen LogP contribution in [-0.2, 0) is 9.59 Å². The summed E-state index contributed by atoms with van der Waals surface area (Å²) >= 11 is 4.37. The van der Waals surface area contributed by atoms with Gasteiger partial charge in [-0.3, -0.25) is 4.79 Å². The summed E-state index contributed by atoms with van der Waals surface area (Å²) in [7, 11) is 1.55. The first kappa shape index (κ1) is 28.4. The molecule has 1 saturated heterocycles. The Labute approximate surface area is 237 Å². The Morgan fingerprint density at radius 2 is 1.87 bits per heavy atom. The smallest absolute Gasteiger partial charge is 0.349 e. The number of carbonyl (C=O) groups is 3. The Hall–Kier alpha value is -3.61. The standard InChI is InChI=1S/C27H28BrN3O7S/c1-37-19-8-3-2-7-18(19)31-26(34)22(15-9-11-29-12-10-15)30-17-6-4-5-16(13-17)24-21(28)23(38-14-20(32)33)25(39-24)27(35)36/h2-8,13,15,22,29-30H,9-12,14H2,1H3,(H,31,34)(H,32,33)(H,35,36). The number of piperidine rings is 1. The maximum Gasteiger partial charge on any atom is 0.349 e. The van der Waals surface area contributed by atoms with Gasteiger partial charge in [0.05, 0.1) is 22.1 Å². The number of aromatic carboxylic acids is 1. The largest absolute Gasteiger partial charge is 0.495 e. The molecule has 2 heterocycles. The Balaban J connectivity index is 1.63. The second kappa shape index (κ2) is 13.0. The lowest BCUT2D eigenvalue weighted by Crippen LogP contribution is -2.45. The van der Waals surface area contributed by atoms with Gasteiger partial charge in [-0.25, -0.2) is 9.59 Å². The van der Waals surface area contributed by atoms with E-state index in [0.717, 1.165) is 37.3 Å². The predicted molar refractivity (Wildman–Crippen MR) is 152 cm³/mol. The summed E-state index contributed by atoms with van der Waals surface area (Å²) in [6, 6.07) is 14.0. The number of ether oxygens (including phenoxy) is 2. The maximum atomic E-state index is 13.6. The van der Waals surface area contributed by atoms with Crippen LogP contribution in [0.4, 0.5) is 11.4 Å². The molecule has 206 valence electrons. The van der Waals surface area contributed by atoms with Crippen molar-refractivity contribution >= 4 is 56.5 Å². The highest BCUT2D eigenvalue weighted by atomic mass is 79.9. The van der Waals surface area contributed by atoms with E-state index >= 15 is 0 Å². The molecule has 2 aromatic carbocycles. The van der Waals surface area contributed by atoms with Crippen molar-refractivity contribution in [3.8, 4) is 21.9 Å². The number of anilines is 2. The fraction of sp³-hybridized carbons (Fsp3) is 0.296. The minimum Gasteiger partial charge on any atom is -0.495 e. The number of aliphatic carboxylic acids is 1. The SMILES string of the molecule is COc1ccccc1NC(=O)C(Nc1cccc(-c2sc(C(=O)O)c(OCC(=O)O)c2Br)c1)C1CCNCC1. The quantitative estimate of drug-likeness (QED) is 0.205. The number of hydrogen-bond donors (Lipinski definition) is 5. The third-order valence-corrected chi connectivity index (χ3v) is 8.52. The second-order valence-corrected chi connectivity index (χ2v) is 10.7. The molecule has 0 aliphatic carbocycles. The fourth-order valence-corrected chi connectivity index (χ4v) is 6.34. The Morgan fingerprint density at radius 3 is 2.56 bits per heavy atom. The third kappa shape index (κ3) is 6.88. The molecule has 10 nitrogen and oxygen atoms in total. The highest BCUT2D eigenvalue weighted by Crippen LogP contribution is 2.46. The number of para-hydroxylation sites is 2. The molecule has 1 aliphatic rings. The monoisotopic (exact) mass is 617 g/mol. The first-order chi connectivity index (χ1) is 18.8. The molecule has 4 rings (SSSR count). The Kier molecular flexibility index (Phi) is 9.44. The van der Waals surface area contributed by atoms with Crippen LogP contribution in [0.15, 0.2) is 53.0 Å². The van der Waals surface area contributed by atoms with Crippen LogP contribution in [0.3, 0.4) is 0 Å². The average molecular weight is 619 g/mol. The highest BCUT2D eigenvalue weighted by Gasteiger charge is 2.30. The van der Waals surface area contributed by atoms with Crippen LogP contribution in [-0.4, -0.2) is 60.9 Å². The van der Waals surface area contributed by atoms with E-state index in [0.29, 0.717) is 32.0 Å². The molecule has 39 heavy (non-hydrogen) atoms. The molecule has 1 aromatic heterocycles. The number of carbonyl (C=O) groups excluding carboxylic acids is 1. The van der Waals surface area contributed by atoms with Gasteiger partial charge in [0, 0.05) is 5.69 Å². The van der Waals surface area contributed by atoms with Crippen LogP contribution in [0.2, 0.25) is 0 Å². The third-order valence-electron chi connectivity index (χ3n) is 6.29. The van der Waals surface area contributed by atoms with Crippen molar-refractivity contribution in [2.24, 2.45) is 5.92 Å². The molecule has 3 aromatic rings. The summed E-state index contributed by atoms with van der Waals surface area (Å²) in [5, 5.41) is 28.4. The van der Waals surface area contributed by atoms with Gasteiger partial charge in [-0.2, -0.15) is 0 Å². The van der Waals surface area contributed by atoms with Crippen molar-refractivity contribution in [3.63, 3.8) is 0 Å². The van der Waals surface area contributed by atoms with Crippen LogP contribution in [0.1, 0.15) is 22.5 Å². The Morgan fingerprint density at radius 1 is 1.13 bits per heavy atom. The summed E-state index contributed by atoms with van der Waals surface area (Å²) in [6.07, 6.45) is 1.64. The van der Waals surface area contributed by atoms with Crippen LogP contribution in [0.25, 0.3) is 10.4 Å². The second-order valence-electron chi connectivity index (χ2n) is 8.87. The maximum absolute atomic E-state index is 13.6. The van der Waals surface area contributed by atoms with E-state index in [9.17, 15) is 19.5 Å². The normalized spacial score (nSPS) is 14.3. The number of carboxylic acids is 2. The number of methoxy groups -OCH3 is 1. The number of rotatable bonds is 11. The zero-order valence-electron chi connectivity index (χ0n) is 21.0. The first-order valence-electron chi connectivity index (χ1n) is 12.2. The van der Waals surface area contributed by atoms with Gasteiger partial charge in [-0.05, 0) is 77.6 Å². The molecule has 1 aliphatic heterocycles. The van der Waals surface area contributed by atoms with E-state index in [2.05, 4.69) is 31.9 Å². The minimum absolute atomic E-state index is 0.0352. The molecular weight excluding hydrogens is 590 g/mol. The molecule has 5 N–H and O–H groups in total. The van der Waals surface area contributed by atoms with Gasteiger partial charge in [-0.1, -0.05) is 24.3 Å². The molecule has 0 radical (unpaired) electrons. The number of amides is 1. The number of benzene rings is 2. The van der Waals surface area contributed by atoms with Crippen molar-refractivity contribution in [1.82, 2.24) is 5.32 Å². The van der Waals surface area contributed by atoms with Crippen molar-refractivity contribution in [2.75, 3.05) is 37.4 Å². The van der Waals surface area contributed by atoms with E-state index in [1.165, 1.54) is 0 Å². The van der Waals surface area contributed by atoms with Crippen LogP contribution < -0.4 is 25.4 Å². The van der Waals surface area contributed by atoms with Crippen molar-refractivity contribution < 1.29 is 34.1 Å². The van der Waals surface area contributed by atoms with Gasteiger partial charge in [-0.15, -0.1) is 11.3 Å². The number of hydrogen-bond acceptors (Lipinski definition) is 8. The summed E-state index contributed by atoms with van der Waals surface area (Å²) in [5.74, 6) is -2.02. The molecule has 0 bridgehead atoms. The number of nitrogens with one attached hydrogen (secondary N) is 3. The summed E-state index contributed by atoms with van der Waals surface area (Å²) in [5.41, 5.74) is 1.94. The van der Waals surface area contributed by atoms with Crippen LogP contribution >= 0.6 is 27.3 Å². The van der Waals surface area contributed by atoms with Gasteiger partial charge < -0.3 is 35.6 Å². The molecular formula is C27H28BrN3O7S. The lowest BCUT2D eigenvalue weighted by molar-refractivity contribution is -0.139. The molecule has 12 heteroatoms. The van der Waals surface area contributed by atoms with Crippen molar-refractivity contribution in [2.45, 2.75) is 18.9 Å². The van der Waals surface area contributed by atoms with Gasteiger partial charge >= 0.3 is 11.9 Å². The van der Waals surface area contributed by atoms with E-state index in [4.69, 9.17) is 14.6 Å². The topological polar surface area (TPSA) is 146 Å². The van der Waals surface area contributed by atoms with Gasteiger partial charge in [0.1, 0.15) is 11.8 Å². The lowest BCUT2D eigenvalue weighted by atomic mass is 9.89. The summed E-state index contributed by atoms with van der Waals surface area (Å²) in [4.78, 5) is 36.8. The summed E-state index contributed by atoms with van der Waals surface area (Å²) < 4.78 is 11.0. The van der Waals surface area contributed by atoms with Crippen molar-refractivity contribution in [1.29, 1.82) is 0 Å². The van der Waals surface area contributed by atoms with E-state index in [1.807, 2.05) is 30.3 Å².